The summed E-state index contributed by atoms with van der Waals surface area (Å²) in [5.74, 6) is 2.47. The van der Waals surface area contributed by atoms with Gasteiger partial charge in [-0.1, -0.05) is 23.7 Å². The normalized spacial score (nSPS) is 38.4. The molecule has 4 saturated carbocycles. The Hall–Kier alpha value is -0.600. The second-order valence-electron chi connectivity index (χ2n) is 7.26. The molecule has 4 fully saturated rings. The quantitative estimate of drug-likeness (QED) is 0.863. The zero-order valence-electron chi connectivity index (χ0n) is 11.7. The molecular formula is C17H21ClFN. The van der Waals surface area contributed by atoms with E-state index in [4.69, 9.17) is 11.6 Å². The average molecular weight is 294 g/mol. The Bertz CT molecular complexity index is 492. The third-order valence-electron chi connectivity index (χ3n) is 5.72. The van der Waals surface area contributed by atoms with Crippen molar-refractivity contribution in [3.8, 4) is 0 Å². The predicted octanol–water partition coefficient (Wildman–Crippen LogP) is 4.54. The fraction of sp³-hybridized carbons (Fsp3) is 0.647. The Morgan fingerprint density at radius 1 is 1.10 bits per heavy atom. The van der Waals surface area contributed by atoms with E-state index in [2.05, 4.69) is 5.32 Å². The number of hydrogen-bond acceptors (Lipinski definition) is 1. The lowest BCUT2D eigenvalue weighted by atomic mass is 9.53. The van der Waals surface area contributed by atoms with E-state index in [0.717, 1.165) is 23.3 Å². The third kappa shape index (κ3) is 2.17. The first-order valence-electron chi connectivity index (χ1n) is 7.81. The maximum atomic E-state index is 13.5. The topological polar surface area (TPSA) is 12.0 Å². The zero-order valence-corrected chi connectivity index (χ0v) is 12.4. The van der Waals surface area contributed by atoms with Gasteiger partial charge in [-0.05, 0) is 67.9 Å². The molecule has 0 atom stereocenters. The maximum absolute atomic E-state index is 13.5. The van der Waals surface area contributed by atoms with E-state index in [1.165, 1.54) is 44.6 Å². The third-order valence-corrected chi connectivity index (χ3v) is 6.15. The van der Waals surface area contributed by atoms with E-state index in [9.17, 15) is 4.39 Å². The molecule has 0 unspecified atom stereocenters. The second kappa shape index (κ2) is 4.71. The van der Waals surface area contributed by atoms with Gasteiger partial charge in [0.15, 0.2) is 0 Å². The van der Waals surface area contributed by atoms with Crippen LogP contribution < -0.4 is 5.32 Å². The van der Waals surface area contributed by atoms with Gasteiger partial charge in [0.05, 0.1) is 5.02 Å². The lowest BCUT2D eigenvalue weighted by Crippen LogP contribution is -2.58. The minimum absolute atomic E-state index is 0.282. The van der Waals surface area contributed by atoms with E-state index >= 15 is 0 Å². The number of halogens is 2. The average Bonchev–Trinajstić information content (AvgIpc) is 2.39. The van der Waals surface area contributed by atoms with Crippen molar-refractivity contribution in [2.75, 3.05) is 0 Å². The molecule has 1 aromatic carbocycles. The molecule has 0 heterocycles. The molecule has 1 N–H and O–H groups in total. The van der Waals surface area contributed by atoms with Crippen molar-refractivity contribution in [3.05, 3.63) is 34.6 Å². The van der Waals surface area contributed by atoms with Crippen LogP contribution in [0.2, 0.25) is 5.02 Å². The summed E-state index contributed by atoms with van der Waals surface area (Å²) >= 11 is 6.06. The van der Waals surface area contributed by atoms with Gasteiger partial charge in [0.1, 0.15) is 5.82 Å². The molecule has 4 bridgehead atoms. The molecular weight excluding hydrogens is 273 g/mol. The maximum Gasteiger partial charge on any atom is 0.142 e. The highest BCUT2D eigenvalue weighted by molar-refractivity contribution is 6.31. The fourth-order valence-corrected chi connectivity index (χ4v) is 5.49. The minimum atomic E-state index is -0.309. The van der Waals surface area contributed by atoms with Crippen molar-refractivity contribution < 1.29 is 4.39 Å². The molecule has 0 aromatic heterocycles. The van der Waals surface area contributed by atoms with Crippen LogP contribution in [0.1, 0.15) is 44.1 Å². The SMILES string of the molecule is Fc1cccc(CNC23CC4CC(CC(C4)C2)C3)c1Cl. The van der Waals surface area contributed by atoms with Crippen LogP contribution in [-0.4, -0.2) is 5.54 Å². The summed E-state index contributed by atoms with van der Waals surface area (Å²) in [6.07, 6.45) is 8.27. The van der Waals surface area contributed by atoms with Gasteiger partial charge in [-0.3, -0.25) is 0 Å². The summed E-state index contributed by atoms with van der Waals surface area (Å²) < 4.78 is 13.5. The van der Waals surface area contributed by atoms with Crippen molar-refractivity contribution in [1.82, 2.24) is 5.32 Å². The molecule has 0 radical (unpaired) electrons. The first-order chi connectivity index (χ1) is 9.63. The zero-order chi connectivity index (χ0) is 13.7. The van der Waals surface area contributed by atoms with Crippen LogP contribution in [0, 0.1) is 23.6 Å². The highest BCUT2D eigenvalue weighted by atomic mass is 35.5. The minimum Gasteiger partial charge on any atom is -0.307 e. The number of rotatable bonds is 3. The Balaban J connectivity index is 1.50. The van der Waals surface area contributed by atoms with E-state index in [1.54, 1.807) is 6.07 Å². The molecule has 1 aromatic rings. The smallest absolute Gasteiger partial charge is 0.142 e. The molecule has 1 nitrogen and oxygen atoms in total. The number of nitrogens with one attached hydrogen (secondary N) is 1. The summed E-state index contributed by atoms with van der Waals surface area (Å²) in [5.41, 5.74) is 1.20. The van der Waals surface area contributed by atoms with Crippen molar-refractivity contribution in [1.29, 1.82) is 0 Å². The van der Waals surface area contributed by atoms with Crippen LogP contribution in [0.25, 0.3) is 0 Å². The molecule has 5 rings (SSSR count). The number of benzene rings is 1. The van der Waals surface area contributed by atoms with Crippen LogP contribution in [0.4, 0.5) is 4.39 Å². The first kappa shape index (κ1) is 13.1. The van der Waals surface area contributed by atoms with E-state index in [1.807, 2.05) is 6.07 Å². The Labute approximate surface area is 124 Å². The summed E-state index contributed by atoms with van der Waals surface area (Å²) in [4.78, 5) is 0. The van der Waals surface area contributed by atoms with Gasteiger partial charge in [-0.15, -0.1) is 0 Å². The molecule has 0 amide bonds. The molecule has 0 aliphatic heterocycles. The molecule has 4 aliphatic carbocycles. The predicted molar refractivity (Wildman–Crippen MR) is 79.2 cm³/mol. The van der Waals surface area contributed by atoms with E-state index in [-0.39, 0.29) is 10.8 Å². The van der Waals surface area contributed by atoms with Crippen molar-refractivity contribution in [2.24, 2.45) is 17.8 Å². The van der Waals surface area contributed by atoms with Crippen molar-refractivity contribution in [3.63, 3.8) is 0 Å². The van der Waals surface area contributed by atoms with Gasteiger partial charge in [-0.25, -0.2) is 4.39 Å². The van der Waals surface area contributed by atoms with Gasteiger partial charge in [0, 0.05) is 12.1 Å². The van der Waals surface area contributed by atoms with Crippen LogP contribution in [-0.2, 0) is 6.54 Å². The highest BCUT2D eigenvalue weighted by Gasteiger charge is 2.50. The summed E-state index contributed by atoms with van der Waals surface area (Å²) in [6, 6.07) is 5.10. The second-order valence-corrected chi connectivity index (χ2v) is 7.64. The Morgan fingerprint density at radius 3 is 2.30 bits per heavy atom. The Kier molecular flexibility index (Phi) is 3.08. The molecule has 3 heteroatoms. The van der Waals surface area contributed by atoms with Gasteiger partial charge in [-0.2, -0.15) is 0 Å². The van der Waals surface area contributed by atoms with E-state index < -0.39 is 0 Å². The Morgan fingerprint density at radius 2 is 1.70 bits per heavy atom. The lowest BCUT2D eigenvalue weighted by Gasteiger charge is -2.57. The standard InChI is InChI=1S/C17H21ClFN/c18-16-14(2-1-3-15(16)19)10-20-17-7-11-4-12(8-17)6-13(5-11)9-17/h1-3,11-13,20H,4-10H2. The van der Waals surface area contributed by atoms with Gasteiger partial charge in [0.25, 0.3) is 0 Å². The fourth-order valence-electron chi connectivity index (χ4n) is 5.29. The van der Waals surface area contributed by atoms with Gasteiger partial charge < -0.3 is 5.32 Å². The molecule has 0 spiro atoms. The largest absolute Gasteiger partial charge is 0.307 e. The van der Waals surface area contributed by atoms with Gasteiger partial charge >= 0.3 is 0 Å². The highest BCUT2D eigenvalue weighted by Crippen LogP contribution is 2.55. The van der Waals surface area contributed by atoms with Crippen molar-refractivity contribution >= 4 is 11.6 Å². The first-order valence-corrected chi connectivity index (χ1v) is 8.19. The van der Waals surface area contributed by atoms with Crippen LogP contribution in [0.15, 0.2) is 18.2 Å². The molecule has 4 aliphatic rings. The molecule has 0 saturated heterocycles. The van der Waals surface area contributed by atoms with Crippen LogP contribution in [0.5, 0.6) is 0 Å². The summed E-state index contributed by atoms with van der Waals surface area (Å²) in [6.45, 7) is 0.697. The lowest BCUT2D eigenvalue weighted by molar-refractivity contribution is -0.0206. The molecule has 20 heavy (non-hydrogen) atoms. The number of hydrogen-bond donors (Lipinski definition) is 1. The summed E-state index contributed by atoms with van der Waals surface area (Å²) in [7, 11) is 0. The van der Waals surface area contributed by atoms with E-state index in [0.29, 0.717) is 12.1 Å². The van der Waals surface area contributed by atoms with Crippen LogP contribution in [0.3, 0.4) is 0 Å². The van der Waals surface area contributed by atoms with Crippen molar-refractivity contribution in [2.45, 2.75) is 50.6 Å². The van der Waals surface area contributed by atoms with Crippen LogP contribution >= 0.6 is 11.6 Å². The monoisotopic (exact) mass is 293 g/mol. The molecule has 108 valence electrons. The summed E-state index contributed by atoms with van der Waals surface area (Å²) in [5, 5.41) is 4.04. The van der Waals surface area contributed by atoms with Gasteiger partial charge in [0.2, 0.25) is 0 Å².